The Morgan fingerprint density at radius 2 is 1.51 bits per heavy atom. The van der Waals surface area contributed by atoms with Gasteiger partial charge in [0.1, 0.15) is 0 Å². The van der Waals surface area contributed by atoms with Gasteiger partial charge in [-0.05, 0) is 150 Å². The van der Waals surface area contributed by atoms with Gasteiger partial charge in [-0.3, -0.25) is 0 Å². The summed E-state index contributed by atoms with van der Waals surface area (Å²) in [5.74, 6) is 2.20. The lowest BCUT2D eigenvalue weighted by molar-refractivity contribution is 0.444. The molecule has 2 fully saturated rings. The van der Waals surface area contributed by atoms with Gasteiger partial charge in [-0.25, -0.2) is 0 Å². The fourth-order valence-electron chi connectivity index (χ4n) is 9.32. The van der Waals surface area contributed by atoms with Crippen LogP contribution < -0.4 is 4.90 Å². The molecule has 1 heteroatoms. The number of hydrogen-bond donors (Lipinski definition) is 0. The molecule has 4 aliphatic rings. The summed E-state index contributed by atoms with van der Waals surface area (Å²) in [6, 6.07) is 36.3. The Morgan fingerprint density at radius 1 is 0.745 bits per heavy atom. The van der Waals surface area contributed by atoms with Crippen LogP contribution in [0.2, 0.25) is 0 Å². The van der Waals surface area contributed by atoms with E-state index in [4.69, 9.17) is 6.58 Å². The van der Waals surface area contributed by atoms with Crippen molar-refractivity contribution in [2.45, 2.75) is 83.5 Å². The molecule has 0 radical (unpaired) electrons. The summed E-state index contributed by atoms with van der Waals surface area (Å²) < 4.78 is 0. The van der Waals surface area contributed by atoms with E-state index in [-0.39, 0.29) is 0 Å². The van der Waals surface area contributed by atoms with Gasteiger partial charge in [0.05, 0.1) is 0 Å². The minimum absolute atomic E-state index is 0.511. The highest BCUT2D eigenvalue weighted by molar-refractivity contribution is 5.81. The summed E-state index contributed by atoms with van der Waals surface area (Å²) in [4.78, 5) is 2.37. The lowest BCUT2D eigenvalue weighted by Gasteiger charge is -2.32. The first kappa shape index (κ1) is 36.6. The largest absolute Gasteiger partial charge is 0.311 e. The molecule has 0 amide bonds. The van der Waals surface area contributed by atoms with Gasteiger partial charge in [0.15, 0.2) is 0 Å². The molecule has 0 saturated heterocycles. The molecule has 0 heterocycles. The summed E-state index contributed by atoms with van der Waals surface area (Å²) >= 11 is 0. The first-order valence-electron chi connectivity index (χ1n) is 20.8. The summed E-state index contributed by atoms with van der Waals surface area (Å²) in [6.07, 6.45) is 31.2. The maximum absolute atomic E-state index is 4.73. The van der Waals surface area contributed by atoms with E-state index in [1.165, 1.54) is 101 Å². The normalized spacial score (nSPS) is 21.3. The summed E-state index contributed by atoms with van der Waals surface area (Å²) in [5, 5.41) is 0. The molecule has 4 aliphatic carbocycles. The topological polar surface area (TPSA) is 3.24 Å². The lowest BCUT2D eigenvalue weighted by Crippen LogP contribution is -2.17. The third-order valence-electron chi connectivity index (χ3n) is 12.4. The molecule has 276 valence electrons. The van der Waals surface area contributed by atoms with Crippen molar-refractivity contribution < 1.29 is 0 Å². The van der Waals surface area contributed by atoms with Gasteiger partial charge < -0.3 is 4.90 Å². The average molecular weight is 718 g/mol. The molecule has 8 rings (SSSR count). The number of benzene rings is 4. The molecule has 2 saturated carbocycles. The predicted octanol–water partition coefficient (Wildman–Crippen LogP) is 15.2. The van der Waals surface area contributed by atoms with Gasteiger partial charge in [-0.15, -0.1) is 5.73 Å². The van der Waals surface area contributed by atoms with Crippen molar-refractivity contribution in [3.8, 4) is 11.1 Å². The van der Waals surface area contributed by atoms with E-state index in [9.17, 15) is 0 Å². The second-order valence-corrected chi connectivity index (χ2v) is 16.0. The average Bonchev–Trinajstić information content (AvgIpc) is 3.25. The molecule has 3 unspecified atom stereocenters. The molecule has 4 aromatic rings. The molecule has 0 aliphatic heterocycles. The molecular formula is C54H55N. The van der Waals surface area contributed by atoms with Gasteiger partial charge in [0, 0.05) is 23.0 Å². The van der Waals surface area contributed by atoms with Gasteiger partial charge in [-0.2, -0.15) is 0 Å². The highest BCUT2D eigenvalue weighted by Gasteiger charge is 2.29. The van der Waals surface area contributed by atoms with E-state index in [0.29, 0.717) is 23.7 Å². The third-order valence-corrected chi connectivity index (χ3v) is 12.4. The number of fused-ring (bicyclic) bond motifs is 1. The third kappa shape index (κ3) is 8.19. The quantitative estimate of drug-likeness (QED) is 0.117. The Morgan fingerprint density at radius 3 is 2.29 bits per heavy atom. The van der Waals surface area contributed by atoms with Crippen LogP contribution in [-0.2, 0) is 0 Å². The van der Waals surface area contributed by atoms with Gasteiger partial charge in [0.25, 0.3) is 0 Å². The smallest absolute Gasteiger partial charge is 0.0464 e. The highest BCUT2D eigenvalue weighted by atomic mass is 15.1. The Kier molecular flexibility index (Phi) is 11.3. The molecule has 4 aromatic carbocycles. The van der Waals surface area contributed by atoms with Gasteiger partial charge >= 0.3 is 0 Å². The lowest BCUT2D eigenvalue weighted by atomic mass is 9.72. The van der Waals surface area contributed by atoms with Crippen molar-refractivity contribution in [2.24, 2.45) is 11.8 Å². The minimum atomic E-state index is 0.511. The second-order valence-electron chi connectivity index (χ2n) is 16.0. The molecule has 0 bridgehead atoms. The molecule has 0 N–H and O–H groups in total. The first-order valence-corrected chi connectivity index (χ1v) is 20.8. The van der Waals surface area contributed by atoms with Crippen molar-refractivity contribution in [1.82, 2.24) is 0 Å². The molecule has 55 heavy (non-hydrogen) atoms. The highest BCUT2D eigenvalue weighted by Crippen LogP contribution is 2.47. The number of hydrogen-bond acceptors (Lipinski definition) is 1. The molecule has 0 spiro atoms. The Hall–Kier alpha value is -5.36. The van der Waals surface area contributed by atoms with E-state index in [0.717, 1.165) is 24.2 Å². The molecular weight excluding hydrogens is 663 g/mol. The maximum atomic E-state index is 4.73. The number of allylic oxidation sites excluding steroid dienone is 11. The van der Waals surface area contributed by atoms with Crippen molar-refractivity contribution in [3.05, 3.63) is 198 Å². The Balaban J connectivity index is 1.20. The van der Waals surface area contributed by atoms with Crippen LogP contribution in [0.3, 0.4) is 0 Å². The number of anilines is 2. The Bertz CT molecular complexity index is 2220. The van der Waals surface area contributed by atoms with Crippen molar-refractivity contribution in [1.29, 1.82) is 0 Å². The maximum Gasteiger partial charge on any atom is 0.0464 e. The molecule has 0 aromatic heterocycles. The van der Waals surface area contributed by atoms with Crippen LogP contribution in [0.5, 0.6) is 0 Å². The van der Waals surface area contributed by atoms with Crippen LogP contribution >= 0.6 is 0 Å². The van der Waals surface area contributed by atoms with E-state index >= 15 is 0 Å². The van der Waals surface area contributed by atoms with Crippen LogP contribution in [0.1, 0.15) is 106 Å². The zero-order valence-electron chi connectivity index (χ0n) is 32.8. The zero-order chi connectivity index (χ0) is 37.6. The van der Waals surface area contributed by atoms with E-state index in [1.807, 2.05) is 0 Å². The molecule has 1 nitrogen and oxygen atoms in total. The van der Waals surface area contributed by atoms with Crippen LogP contribution in [-0.4, -0.2) is 0 Å². The predicted molar refractivity (Wildman–Crippen MR) is 236 cm³/mol. The zero-order valence-corrected chi connectivity index (χ0v) is 32.8. The van der Waals surface area contributed by atoms with Gasteiger partial charge in [0.2, 0.25) is 0 Å². The van der Waals surface area contributed by atoms with E-state index < -0.39 is 0 Å². The Labute approximate surface area is 330 Å². The van der Waals surface area contributed by atoms with E-state index in [1.54, 1.807) is 0 Å². The van der Waals surface area contributed by atoms with Crippen LogP contribution in [0.25, 0.3) is 22.3 Å². The second kappa shape index (κ2) is 17.0. The van der Waals surface area contributed by atoms with Crippen LogP contribution in [0.15, 0.2) is 175 Å². The van der Waals surface area contributed by atoms with E-state index in [2.05, 4.69) is 176 Å². The SMILES string of the molecule is C=C(/C=C\C(=C/C)c1ccccc1)N(c1ccc(C2=CCC(C)C=C2)cc1)c1ccc(-c2ccccc2C2CCC3C=CC=C=C3C2)c(C2CCCCC2)c1. The van der Waals surface area contributed by atoms with Gasteiger partial charge in [-0.1, -0.05) is 148 Å². The number of rotatable bonds is 10. The summed E-state index contributed by atoms with van der Waals surface area (Å²) in [7, 11) is 0. The minimum Gasteiger partial charge on any atom is -0.311 e. The standard InChI is InChI=1S/C54H55N/c1-4-41(42-15-7-5-8-16-42)28-25-40(3)55(49-33-31-45(32-34-49)44-26-23-39(2)24-27-44)50-35-36-53(54(38-50)46-18-9-6-10-19-46)52-22-14-13-21-51(52)48-30-29-43-17-11-12-20-47(43)37-48/h4-5,7-8,11-17,21-23,25-28,31-36,38-39,43,46,48H,3,6,9-10,18-19,24,29-30,37H2,1-2H3/b28-25-,41-4+. The van der Waals surface area contributed by atoms with Crippen LogP contribution in [0, 0.1) is 11.8 Å². The van der Waals surface area contributed by atoms with Crippen LogP contribution in [0.4, 0.5) is 11.4 Å². The fraction of sp³-hybridized carbons (Fsp3) is 0.278. The molecule has 3 atom stereocenters. The van der Waals surface area contributed by atoms with Crippen molar-refractivity contribution >= 4 is 22.5 Å². The summed E-state index contributed by atoms with van der Waals surface area (Å²) in [5.41, 5.74) is 19.1. The monoisotopic (exact) mass is 717 g/mol. The fourth-order valence-corrected chi connectivity index (χ4v) is 9.32. The number of nitrogens with zero attached hydrogens (tertiary/aromatic N) is 1. The van der Waals surface area contributed by atoms with Crippen molar-refractivity contribution in [2.75, 3.05) is 4.90 Å². The van der Waals surface area contributed by atoms with Crippen molar-refractivity contribution in [3.63, 3.8) is 0 Å². The summed E-state index contributed by atoms with van der Waals surface area (Å²) in [6.45, 7) is 9.12. The first-order chi connectivity index (χ1) is 27.1.